The van der Waals surface area contributed by atoms with Gasteiger partial charge >= 0.3 is 0 Å². The molecule has 0 spiro atoms. The van der Waals surface area contributed by atoms with Crippen LogP contribution in [0.5, 0.6) is 0 Å². The summed E-state index contributed by atoms with van der Waals surface area (Å²) in [5.74, 6) is -0.522. The van der Waals surface area contributed by atoms with Crippen LogP contribution < -0.4 is 16.8 Å². The molecule has 5 N–H and O–H groups in total. The van der Waals surface area contributed by atoms with E-state index in [9.17, 15) is 4.79 Å². The van der Waals surface area contributed by atoms with Crippen molar-refractivity contribution < 1.29 is 9.53 Å². The molecule has 0 heterocycles. The third-order valence-corrected chi connectivity index (χ3v) is 3.55. The highest BCUT2D eigenvalue weighted by molar-refractivity contribution is 6.31. The molecule has 1 fully saturated rings. The van der Waals surface area contributed by atoms with Crippen LogP contribution in [0.1, 0.15) is 23.7 Å². The van der Waals surface area contributed by atoms with E-state index < -0.39 is 5.91 Å². The first-order valence-electron chi connectivity index (χ1n) is 6.26. The van der Waals surface area contributed by atoms with E-state index in [1.54, 1.807) is 18.2 Å². The summed E-state index contributed by atoms with van der Waals surface area (Å²) in [7, 11) is 0. The number of ether oxygens (including phenoxy) is 1. The molecule has 19 heavy (non-hydrogen) atoms. The average molecular weight is 284 g/mol. The van der Waals surface area contributed by atoms with Gasteiger partial charge in [0, 0.05) is 23.4 Å². The zero-order chi connectivity index (χ0) is 14.0. The Labute approximate surface area is 117 Å². The number of amides is 1. The van der Waals surface area contributed by atoms with Gasteiger partial charge in [-0.25, -0.2) is 0 Å². The molecule has 1 aliphatic rings. The number of rotatable bonds is 5. The molecule has 1 saturated carbocycles. The molecule has 0 aliphatic heterocycles. The van der Waals surface area contributed by atoms with Gasteiger partial charge in [-0.15, -0.1) is 0 Å². The maximum Gasteiger partial charge on any atom is 0.250 e. The van der Waals surface area contributed by atoms with Crippen LogP contribution in [-0.4, -0.2) is 30.7 Å². The lowest BCUT2D eigenvalue weighted by Gasteiger charge is -2.43. The molecule has 0 saturated heterocycles. The van der Waals surface area contributed by atoms with Crippen molar-refractivity contribution >= 4 is 23.2 Å². The Morgan fingerprint density at radius 2 is 2.32 bits per heavy atom. The summed E-state index contributed by atoms with van der Waals surface area (Å²) in [4.78, 5) is 11.4. The number of hydrogen-bond acceptors (Lipinski definition) is 4. The first-order chi connectivity index (χ1) is 9.02. The minimum Gasteiger partial charge on any atom is -0.377 e. The summed E-state index contributed by atoms with van der Waals surface area (Å²) in [6, 6.07) is 4.98. The second kappa shape index (κ2) is 5.77. The van der Waals surface area contributed by atoms with Crippen molar-refractivity contribution in [3.63, 3.8) is 0 Å². The van der Waals surface area contributed by atoms with E-state index in [-0.39, 0.29) is 18.2 Å². The molecule has 104 valence electrons. The van der Waals surface area contributed by atoms with Gasteiger partial charge in [-0.05, 0) is 31.5 Å². The van der Waals surface area contributed by atoms with Crippen molar-refractivity contribution in [1.82, 2.24) is 0 Å². The molecule has 1 aliphatic carbocycles. The Hall–Kier alpha value is -1.30. The fourth-order valence-corrected chi connectivity index (χ4v) is 2.42. The van der Waals surface area contributed by atoms with Crippen LogP contribution in [0.4, 0.5) is 5.69 Å². The molecule has 3 unspecified atom stereocenters. The zero-order valence-electron chi connectivity index (χ0n) is 10.7. The topological polar surface area (TPSA) is 90.4 Å². The van der Waals surface area contributed by atoms with E-state index in [2.05, 4.69) is 5.32 Å². The number of nitrogens with one attached hydrogen (secondary N) is 1. The minimum atomic E-state index is -0.522. The number of primary amides is 1. The fourth-order valence-electron chi connectivity index (χ4n) is 2.25. The van der Waals surface area contributed by atoms with E-state index in [1.807, 2.05) is 6.92 Å². The summed E-state index contributed by atoms with van der Waals surface area (Å²) in [5.41, 5.74) is 12.3. The first kappa shape index (κ1) is 14.1. The molecule has 6 heteroatoms. The Morgan fingerprint density at radius 1 is 1.58 bits per heavy atom. The minimum absolute atomic E-state index is 0.00737. The first-order valence-corrected chi connectivity index (χ1v) is 6.63. The van der Waals surface area contributed by atoms with Crippen LogP contribution in [0.25, 0.3) is 0 Å². The third kappa shape index (κ3) is 3.00. The lowest BCUT2D eigenvalue weighted by Crippen LogP contribution is -2.60. The third-order valence-electron chi connectivity index (χ3n) is 3.32. The van der Waals surface area contributed by atoms with Crippen molar-refractivity contribution in [2.45, 2.75) is 31.5 Å². The van der Waals surface area contributed by atoms with Gasteiger partial charge < -0.3 is 21.5 Å². The fraction of sp³-hybridized carbons (Fsp3) is 0.462. The van der Waals surface area contributed by atoms with Gasteiger partial charge in [-0.2, -0.15) is 0 Å². The van der Waals surface area contributed by atoms with Crippen molar-refractivity contribution in [2.75, 3.05) is 11.9 Å². The van der Waals surface area contributed by atoms with Gasteiger partial charge in [0.05, 0.1) is 17.7 Å². The molecule has 1 amide bonds. The SMILES string of the molecule is CCOC1CC(N)C1Nc1ccc(Cl)cc1C(N)=O. The van der Waals surface area contributed by atoms with Gasteiger partial charge in [-0.3, -0.25) is 4.79 Å². The maximum atomic E-state index is 11.4. The maximum absolute atomic E-state index is 11.4. The number of carbonyl (C=O) groups excluding carboxylic acids is 1. The molecule has 3 atom stereocenters. The van der Waals surface area contributed by atoms with Gasteiger partial charge in [0.25, 0.3) is 5.91 Å². The second-order valence-electron chi connectivity index (χ2n) is 4.62. The van der Waals surface area contributed by atoms with Crippen LogP contribution in [0.2, 0.25) is 5.02 Å². The van der Waals surface area contributed by atoms with E-state index in [0.29, 0.717) is 22.9 Å². The monoisotopic (exact) mass is 283 g/mol. The van der Waals surface area contributed by atoms with Crippen LogP contribution in [0.3, 0.4) is 0 Å². The van der Waals surface area contributed by atoms with Gasteiger partial charge in [0.15, 0.2) is 0 Å². The van der Waals surface area contributed by atoms with Crippen LogP contribution in [0.15, 0.2) is 18.2 Å². The lowest BCUT2D eigenvalue weighted by atomic mass is 9.83. The van der Waals surface area contributed by atoms with Crippen molar-refractivity contribution in [3.05, 3.63) is 28.8 Å². The molecule has 1 aromatic rings. The summed E-state index contributed by atoms with van der Waals surface area (Å²) in [6.45, 7) is 2.58. The van der Waals surface area contributed by atoms with Gasteiger partial charge in [-0.1, -0.05) is 11.6 Å². The highest BCUT2D eigenvalue weighted by Gasteiger charge is 2.39. The van der Waals surface area contributed by atoms with E-state index in [1.165, 1.54) is 0 Å². The molecular weight excluding hydrogens is 266 g/mol. The predicted molar refractivity (Wildman–Crippen MR) is 75.4 cm³/mol. The van der Waals surface area contributed by atoms with Crippen LogP contribution in [0, 0.1) is 0 Å². The summed E-state index contributed by atoms with van der Waals surface area (Å²) < 4.78 is 5.57. The molecule has 1 aromatic carbocycles. The molecule has 0 bridgehead atoms. The standard InChI is InChI=1S/C13H18ClN3O2/c1-2-19-11-6-9(15)12(11)17-10-4-3-7(14)5-8(10)13(16)18/h3-5,9,11-12,17H,2,6,15H2,1H3,(H2,16,18). The summed E-state index contributed by atoms with van der Waals surface area (Å²) in [5, 5.41) is 3.70. The van der Waals surface area contributed by atoms with Crippen LogP contribution in [-0.2, 0) is 4.74 Å². The molecule has 2 rings (SSSR count). The highest BCUT2D eigenvalue weighted by Crippen LogP contribution is 2.28. The lowest BCUT2D eigenvalue weighted by molar-refractivity contribution is -0.0126. The number of benzene rings is 1. The molecule has 0 aromatic heterocycles. The van der Waals surface area contributed by atoms with E-state index in [0.717, 1.165) is 6.42 Å². The summed E-state index contributed by atoms with van der Waals surface area (Å²) in [6.07, 6.45) is 0.877. The number of nitrogens with two attached hydrogens (primary N) is 2. The molecule has 0 radical (unpaired) electrons. The highest BCUT2D eigenvalue weighted by atomic mass is 35.5. The quantitative estimate of drug-likeness (QED) is 0.761. The van der Waals surface area contributed by atoms with Crippen molar-refractivity contribution in [1.29, 1.82) is 0 Å². The number of halogens is 1. The number of carbonyl (C=O) groups is 1. The molecule has 5 nitrogen and oxygen atoms in total. The summed E-state index contributed by atoms with van der Waals surface area (Å²) >= 11 is 5.87. The smallest absolute Gasteiger partial charge is 0.250 e. The number of anilines is 1. The van der Waals surface area contributed by atoms with Crippen molar-refractivity contribution in [3.8, 4) is 0 Å². The molecular formula is C13H18ClN3O2. The average Bonchev–Trinajstić information content (AvgIpc) is 2.36. The Morgan fingerprint density at radius 3 is 2.89 bits per heavy atom. The van der Waals surface area contributed by atoms with E-state index >= 15 is 0 Å². The van der Waals surface area contributed by atoms with E-state index in [4.69, 9.17) is 27.8 Å². The second-order valence-corrected chi connectivity index (χ2v) is 5.05. The Kier molecular flexibility index (Phi) is 4.29. The zero-order valence-corrected chi connectivity index (χ0v) is 11.5. The Bertz CT molecular complexity index is 479. The Balaban J connectivity index is 2.16. The van der Waals surface area contributed by atoms with Crippen molar-refractivity contribution in [2.24, 2.45) is 11.5 Å². The van der Waals surface area contributed by atoms with Gasteiger partial charge in [0.2, 0.25) is 0 Å². The van der Waals surface area contributed by atoms with Gasteiger partial charge in [0.1, 0.15) is 0 Å². The normalized spacial score (nSPS) is 25.7. The number of hydrogen-bond donors (Lipinski definition) is 3. The van der Waals surface area contributed by atoms with Crippen LogP contribution >= 0.6 is 11.6 Å². The predicted octanol–water partition coefficient (Wildman–Crippen LogP) is 1.36. The largest absolute Gasteiger partial charge is 0.377 e.